The van der Waals surface area contributed by atoms with E-state index in [-0.39, 0.29) is 6.04 Å². The van der Waals surface area contributed by atoms with Crippen molar-refractivity contribution in [1.82, 2.24) is 5.32 Å². The van der Waals surface area contributed by atoms with E-state index < -0.39 is 18.1 Å². The quantitative estimate of drug-likeness (QED) is 0.451. The van der Waals surface area contributed by atoms with Gasteiger partial charge in [0.1, 0.15) is 6.04 Å². The summed E-state index contributed by atoms with van der Waals surface area (Å²) in [5.41, 5.74) is 0. The number of aliphatic hydroxyl groups is 1. The first kappa shape index (κ1) is 7.50. The van der Waals surface area contributed by atoms with E-state index in [0.29, 0.717) is 6.42 Å². The number of rotatable bonds is 1. The summed E-state index contributed by atoms with van der Waals surface area (Å²) in [6.45, 7) is 1.77. The summed E-state index contributed by atoms with van der Waals surface area (Å²) >= 11 is 0. The maximum atomic E-state index is 10.3. The molecule has 4 heteroatoms. The molecule has 1 rings (SSSR count). The molecule has 1 aliphatic rings. The molecule has 0 spiro atoms. The Morgan fingerprint density at radius 2 is 2.30 bits per heavy atom. The van der Waals surface area contributed by atoms with Crippen LogP contribution in [-0.2, 0) is 4.79 Å². The molecule has 0 radical (unpaired) electrons. The van der Waals surface area contributed by atoms with Crippen molar-refractivity contribution < 1.29 is 15.0 Å². The second kappa shape index (κ2) is 2.56. The number of nitrogens with one attached hydrogen (secondary N) is 1. The summed E-state index contributed by atoms with van der Waals surface area (Å²) in [6, 6.07) is -0.661. The van der Waals surface area contributed by atoms with Gasteiger partial charge >= 0.3 is 5.97 Å². The van der Waals surface area contributed by atoms with Crippen LogP contribution in [0.25, 0.3) is 0 Å². The first-order chi connectivity index (χ1) is 4.61. The lowest BCUT2D eigenvalue weighted by molar-refractivity contribution is -0.139. The van der Waals surface area contributed by atoms with Gasteiger partial charge < -0.3 is 10.2 Å². The van der Waals surface area contributed by atoms with Crippen LogP contribution in [0.4, 0.5) is 0 Å². The topological polar surface area (TPSA) is 69.6 Å². The predicted molar refractivity (Wildman–Crippen MR) is 34.6 cm³/mol. The average molecular weight is 145 g/mol. The molecule has 0 aromatic heterocycles. The third-order valence-corrected chi connectivity index (χ3v) is 1.82. The van der Waals surface area contributed by atoms with Gasteiger partial charge in [0.2, 0.25) is 0 Å². The van der Waals surface area contributed by atoms with Crippen molar-refractivity contribution >= 4 is 5.97 Å². The Bertz CT molecular complexity index is 138. The number of carboxylic acid groups (broad SMARTS) is 1. The molecular formula is C6H11NO3. The molecular weight excluding hydrogens is 134 g/mol. The molecule has 0 bridgehead atoms. The van der Waals surface area contributed by atoms with Crippen LogP contribution in [0.5, 0.6) is 0 Å². The summed E-state index contributed by atoms with van der Waals surface area (Å²) in [6.07, 6.45) is -0.197. The molecule has 1 saturated heterocycles. The number of aliphatic hydroxyl groups excluding tert-OH is 1. The van der Waals surface area contributed by atoms with Gasteiger partial charge in [0.15, 0.2) is 0 Å². The fraction of sp³-hybridized carbons (Fsp3) is 0.833. The van der Waals surface area contributed by atoms with E-state index in [1.54, 1.807) is 6.92 Å². The van der Waals surface area contributed by atoms with Gasteiger partial charge in [0.25, 0.3) is 0 Å². The fourth-order valence-corrected chi connectivity index (χ4v) is 1.11. The SMILES string of the molecule is C[C@@H]1NC(C(=O)O)CC1O. The van der Waals surface area contributed by atoms with Crippen LogP contribution in [0.15, 0.2) is 0 Å². The Morgan fingerprint density at radius 3 is 2.50 bits per heavy atom. The van der Waals surface area contributed by atoms with E-state index in [0.717, 1.165) is 0 Å². The number of aliphatic carboxylic acids is 1. The maximum Gasteiger partial charge on any atom is 0.320 e. The Labute approximate surface area is 58.9 Å². The molecule has 1 heterocycles. The Balaban J connectivity index is 2.49. The maximum absolute atomic E-state index is 10.3. The highest BCUT2D eigenvalue weighted by molar-refractivity contribution is 5.74. The van der Waals surface area contributed by atoms with E-state index in [4.69, 9.17) is 10.2 Å². The van der Waals surface area contributed by atoms with Crippen molar-refractivity contribution in [3.05, 3.63) is 0 Å². The van der Waals surface area contributed by atoms with Crippen LogP contribution in [0, 0.1) is 0 Å². The predicted octanol–water partition coefficient (Wildman–Crippen LogP) is -0.818. The lowest BCUT2D eigenvalue weighted by Crippen LogP contribution is -2.34. The zero-order chi connectivity index (χ0) is 7.72. The lowest BCUT2D eigenvalue weighted by atomic mass is 10.1. The van der Waals surface area contributed by atoms with Crippen LogP contribution >= 0.6 is 0 Å². The fourth-order valence-electron chi connectivity index (χ4n) is 1.11. The monoisotopic (exact) mass is 145 g/mol. The molecule has 1 fully saturated rings. The number of hydrogen-bond acceptors (Lipinski definition) is 3. The van der Waals surface area contributed by atoms with Gasteiger partial charge in [0.05, 0.1) is 6.10 Å². The highest BCUT2D eigenvalue weighted by Gasteiger charge is 2.33. The second-order valence-corrected chi connectivity index (χ2v) is 2.65. The van der Waals surface area contributed by atoms with Crippen LogP contribution in [0.2, 0.25) is 0 Å². The molecule has 58 valence electrons. The van der Waals surface area contributed by atoms with Crippen molar-refractivity contribution in [2.75, 3.05) is 0 Å². The van der Waals surface area contributed by atoms with E-state index in [1.807, 2.05) is 0 Å². The summed E-state index contributed by atoms with van der Waals surface area (Å²) < 4.78 is 0. The summed E-state index contributed by atoms with van der Waals surface area (Å²) in [5, 5.41) is 20.3. The molecule has 4 nitrogen and oxygen atoms in total. The minimum Gasteiger partial charge on any atom is -0.480 e. The Morgan fingerprint density at radius 1 is 1.70 bits per heavy atom. The number of carboxylic acids is 1. The average Bonchev–Trinajstić information content (AvgIpc) is 2.13. The minimum atomic E-state index is -0.886. The zero-order valence-electron chi connectivity index (χ0n) is 5.74. The van der Waals surface area contributed by atoms with Crippen LogP contribution in [-0.4, -0.2) is 34.4 Å². The van der Waals surface area contributed by atoms with Gasteiger partial charge in [-0.25, -0.2) is 0 Å². The first-order valence-electron chi connectivity index (χ1n) is 3.28. The Kier molecular flexibility index (Phi) is 1.92. The van der Waals surface area contributed by atoms with Crippen molar-refractivity contribution in [2.24, 2.45) is 0 Å². The molecule has 0 saturated carbocycles. The van der Waals surface area contributed by atoms with Crippen molar-refractivity contribution in [3.8, 4) is 0 Å². The van der Waals surface area contributed by atoms with E-state index in [9.17, 15) is 4.79 Å². The number of hydrogen-bond donors (Lipinski definition) is 3. The summed E-state index contributed by atoms with van der Waals surface area (Å²) in [4.78, 5) is 10.3. The summed E-state index contributed by atoms with van der Waals surface area (Å²) in [7, 11) is 0. The van der Waals surface area contributed by atoms with Crippen molar-refractivity contribution in [2.45, 2.75) is 31.5 Å². The first-order valence-corrected chi connectivity index (χ1v) is 3.28. The van der Waals surface area contributed by atoms with E-state index >= 15 is 0 Å². The molecule has 3 N–H and O–H groups in total. The Hall–Kier alpha value is -0.610. The third-order valence-electron chi connectivity index (χ3n) is 1.82. The highest BCUT2D eigenvalue weighted by Crippen LogP contribution is 2.12. The molecule has 10 heavy (non-hydrogen) atoms. The summed E-state index contributed by atoms with van der Waals surface area (Å²) in [5.74, 6) is -0.886. The smallest absolute Gasteiger partial charge is 0.320 e. The second-order valence-electron chi connectivity index (χ2n) is 2.65. The van der Waals surface area contributed by atoms with E-state index in [2.05, 4.69) is 5.32 Å². The van der Waals surface area contributed by atoms with Crippen LogP contribution in [0.3, 0.4) is 0 Å². The third kappa shape index (κ3) is 1.27. The van der Waals surface area contributed by atoms with Gasteiger partial charge in [-0.05, 0) is 6.92 Å². The molecule has 0 aromatic carbocycles. The van der Waals surface area contributed by atoms with Gasteiger partial charge in [-0.2, -0.15) is 0 Å². The van der Waals surface area contributed by atoms with Crippen LogP contribution in [0.1, 0.15) is 13.3 Å². The van der Waals surface area contributed by atoms with Crippen molar-refractivity contribution in [1.29, 1.82) is 0 Å². The standard InChI is InChI=1S/C6H11NO3/c1-3-5(8)2-4(7-3)6(9)10/h3-5,7-8H,2H2,1H3,(H,9,10)/t3-,4?,5?/m0/s1. The van der Waals surface area contributed by atoms with Gasteiger partial charge in [-0.1, -0.05) is 0 Å². The highest BCUT2D eigenvalue weighted by atomic mass is 16.4. The van der Waals surface area contributed by atoms with E-state index in [1.165, 1.54) is 0 Å². The zero-order valence-corrected chi connectivity index (χ0v) is 5.74. The molecule has 3 atom stereocenters. The molecule has 0 aliphatic carbocycles. The van der Waals surface area contributed by atoms with Gasteiger partial charge in [-0.3, -0.25) is 10.1 Å². The molecule has 0 amide bonds. The van der Waals surface area contributed by atoms with Crippen molar-refractivity contribution in [3.63, 3.8) is 0 Å². The number of carbonyl (C=O) groups is 1. The lowest BCUT2D eigenvalue weighted by Gasteiger charge is -2.05. The van der Waals surface area contributed by atoms with Gasteiger partial charge in [0, 0.05) is 12.5 Å². The van der Waals surface area contributed by atoms with Crippen LogP contribution < -0.4 is 5.32 Å². The molecule has 2 unspecified atom stereocenters. The van der Waals surface area contributed by atoms with Gasteiger partial charge in [-0.15, -0.1) is 0 Å². The molecule has 1 aliphatic heterocycles. The normalized spacial score (nSPS) is 40.0. The molecule has 0 aromatic rings. The largest absolute Gasteiger partial charge is 0.480 e. The minimum absolute atomic E-state index is 0.0962.